The fourth-order valence-corrected chi connectivity index (χ4v) is 0.762. The van der Waals surface area contributed by atoms with Gasteiger partial charge in [-0.15, -0.1) is 0 Å². The minimum Gasteiger partial charge on any atom is -0.492 e. The summed E-state index contributed by atoms with van der Waals surface area (Å²) in [5.74, 6) is 0.976. The van der Waals surface area contributed by atoms with Crippen molar-refractivity contribution in [3.8, 4) is 0 Å². The topological polar surface area (TPSA) is 21.3 Å². The van der Waals surface area contributed by atoms with Gasteiger partial charge in [-0.05, 0) is 13.8 Å². The normalized spacial score (nSPS) is 27.8. The minimum absolute atomic E-state index is 0.333. The third-order valence-electron chi connectivity index (χ3n) is 1.10. The standard InChI is InChI=1S/C6H11NO/c1-5-3-7-4-6(2)8-5/h3,6-7H,4H2,1-2H3/t6-/m0/s1. The van der Waals surface area contributed by atoms with Crippen LogP contribution in [0.3, 0.4) is 0 Å². The van der Waals surface area contributed by atoms with E-state index in [1.165, 1.54) is 0 Å². The molecule has 0 amide bonds. The maximum Gasteiger partial charge on any atom is 0.113 e. The van der Waals surface area contributed by atoms with Gasteiger partial charge in [0.15, 0.2) is 0 Å². The predicted molar refractivity (Wildman–Crippen MR) is 32.3 cm³/mol. The highest BCUT2D eigenvalue weighted by molar-refractivity contribution is 4.91. The molecule has 0 aromatic rings. The number of hydrogen-bond donors (Lipinski definition) is 1. The van der Waals surface area contributed by atoms with Crippen LogP contribution in [0.5, 0.6) is 0 Å². The third kappa shape index (κ3) is 1.15. The lowest BCUT2D eigenvalue weighted by atomic mass is 10.3. The fourth-order valence-electron chi connectivity index (χ4n) is 0.762. The maximum absolute atomic E-state index is 5.28. The van der Waals surface area contributed by atoms with Crippen LogP contribution in [0, 0.1) is 0 Å². The van der Waals surface area contributed by atoms with E-state index in [0.29, 0.717) is 6.10 Å². The molecule has 1 atom stereocenters. The van der Waals surface area contributed by atoms with Gasteiger partial charge in [0.1, 0.15) is 11.9 Å². The zero-order chi connectivity index (χ0) is 5.98. The first-order valence-corrected chi connectivity index (χ1v) is 2.86. The first-order chi connectivity index (χ1) is 3.79. The highest BCUT2D eigenvalue weighted by Gasteiger charge is 2.05. The average molecular weight is 113 g/mol. The van der Waals surface area contributed by atoms with Gasteiger partial charge in [0, 0.05) is 6.20 Å². The summed E-state index contributed by atoms with van der Waals surface area (Å²) in [6.07, 6.45) is 2.22. The van der Waals surface area contributed by atoms with E-state index in [1.54, 1.807) is 0 Å². The second-order valence-electron chi connectivity index (χ2n) is 2.09. The molecule has 1 aliphatic heterocycles. The Labute approximate surface area is 49.5 Å². The SMILES string of the molecule is CC1=CNC[C@H](C)O1. The van der Waals surface area contributed by atoms with Crippen molar-refractivity contribution in [3.05, 3.63) is 12.0 Å². The molecule has 2 nitrogen and oxygen atoms in total. The van der Waals surface area contributed by atoms with Crippen LogP contribution < -0.4 is 5.32 Å². The van der Waals surface area contributed by atoms with Crippen LogP contribution >= 0.6 is 0 Å². The van der Waals surface area contributed by atoms with E-state index >= 15 is 0 Å². The smallest absolute Gasteiger partial charge is 0.113 e. The Kier molecular flexibility index (Phi) is 1.42. The molecule has 1 heterocycles. The number of rotatable bonds is 0. The molecule has 8 heavy (non-hydrogen) atoms. The van der Waals surface area contributed by atoms with Gasteiger partial charge in [-0.25, -0.2) is 0 Å². The maximum atomic E-state index is 5.28. The fraction of sp³-hybridized carbons (Fsp3) is 0.667. The lowest BCUT2D eigenvalue weighted by Crippen LogP contribution is -2.27. The van der Waals surface area contributed by atoms with Crippen LogP contribution in [0.4, 0.5) is 0 Å². The van der Waals surface area contributed by atoms with Gasteiger partial charge < -0.3 is 10.1 Å². The van der Waals surface area contributed by atoms with Crippen molar-refractivity contribution in [1.29, 1.82) is 0 Å². The van der Waals surface area contributed by atoms with Crippen molar-refractivity contribution in [3.63, 3.8) is 0 Å². The summed E-state index contributed by atoms with van der Waals surface area (Å²) in [6.45, 7) is 4.92. The van der Waals surface area contributed by atoms with Crippen molar-refractivity contribution in [1.82, 2.24) is 5.32 Å². The Morgan fingerprint density at radius 3 is 3.00 bits per heavy atom. The number of hydrogen-bond acceptors (Lipinski definition) is 2. The second kappa shape index (κ2) is 2.07. The van der Waals surface area contributed by atoms with Crippen molar-refractivity contribution in [2.24, 2.45) is 0 Å². The third-order valence-corrected chi connectivity index (χ3v) is 1.10. The van der Waals surface area contributed by atoms with E-state index in [0.717, 1.165) is 12.3 Å². The van der Waals surface area contributed by atoms with Gasteiger partial charge in [-0.1, -0.05) is 0 Å². The zero-order valence-corrected chi connectivity index (χ0v) is 5.27. The van der Waals surface area contributed by atoms with Crippen LogP contribution in [-0.2, 0) is 4.74 Å². The summed E-state index contributed by atoms with van der Waals surface area (Å²) >= 11 is 0. The summed E-state index contributed by atoms with van der Waals surface area (Å²) in [4.78, 5) is 0. The number of nitrogens with one attached hydrogen (secondary N) is 1. The highest BCUT2D eigenvalue weighted by Crippen LogP contribution is 2.03. The van der Waals surface area contributed by atoms with E-state index in [4.69, 9.17) is 4.74 Å². The lowest BCUT2D eigenvalue weighted by Gasteiger charge is -2.19. The Morgan fingerprint density at radius 2 is 2.62 bits per heavy atom. The molecule has 0 fully saturated rings. The summed E-state index contributed by atoms with van der Waals surface area (Å²) in [5, 5.41) is 3.10. The van der Waals surface area contributed by atoms with Gasteiger partial charge >= 0.3 is 0 Å². The van der Waals surface area contributed by atoms with Gasteiger partial charge in [0.2, 0.25) is 0 Å². The van der Waals surface area contributed by atoms with E-state index in [9.17, 15) is 0 Å². The lowest BCUT2D eigenvalue weighted by molar-refractivity contribution is 0.119. The first kappa shape index (κ1) is 5.48. The van der Waals surface area contributed by atoms with Crippen molar-refractivity contribution in [2.45, 2.75) is 20.0 Å². The molecule has 1 aliphatic rings. The Bertz CT molecular complexity index is 109. The summed E-state index contributed by atoms with van der Waals surface area (Å²) in [6, 6.07) is 0. The molecule has 1 rings (SSSR count). The van der Waals surface area contributed by atoms with E-state index in [2.05, 4.69) is 5.32 Å². The minimum atomic E-state index is 0.333. The van der Waals surface area contributed by atoms with Crippen LogP contribution in [0.2, 0.25) is 0 Å². The molecule has 0 aromatic carbocycles. The van der Waals surface area contributed by atoms with Crippen molar-refractivity contribution in [2.75, 3.05) is 6.54 Å². The quantitative estimate of drug-likeness (QED) is 0.503. The van der Waals surface area contributed by atoms with Crippen LogP contribution in [-0.4, -0.2) is 12.6 Å². The van der Waals surface area contributed by atoms with E-state index in [1.807, 2.05) is 20.0 Å². The predicted octanol–water partition coefficient (Wildman–Crippen LogP) is 0.856. The number of ether oxygens (including phenoxy) is 1. The molecule has 1 N–H and O–H groups in total. The largest absolute Gasteiger partial charge is 0.492 e. The van der Waals surface area contributed by atoms with Crippen LogP contribution in [0.15, 0.2) is 12.0 Å². The Balaban J connectivity index is 2.45. The summed E-state index contributed by atoms with van der Waals surface area (Å²) in [5.41, 5.74) is 0. The number of allylic oxidation sites excluding steroid dienone is 1. The molecule has 0 spiro atoms. The summed E-state index contributed by atoms with van der Waals surface area (Å²) in [7, 11) is 0. The van der Waals surface area contributed by atoms with Crippen molar-refractivity contribution < 1.29 is 4.74 Å². The molecule has 0 aromatic heterocycles. The van der Waals surface area contributed by atoms with Crippen molar-refractivity contribution >= 4 is 0 Å². The second-order valence-corrected chi connectivity index (χ2v) is 2.09. The van der Waals surface area contributed by atoms with Gasteiger partial charge in [0.25, 0.3) is 0 Å². The molecule has 2 heteroatoms. The first-order valence-electron chi connectivity index (χ1n) is 2.86. The molecular weight excluding hydrogens is 102 g/mol. The van der Waals surface area contributed by atoms with Gasteiger partial charge in [0.05, 0.1) is 6.54 Å². The van der Waals surface area contributed by atoms with Gasteiger partial charge in [-0.2, -0.15) is 0 Å². The summed E-state index contributed by atoms with van der Waals surface area (Å²) < 4.78 is 5.28. The average Bonchev–Trinajstić information content (AvgIpc) is 1.64. The van der Waals surface area contributed by atoms with E-state index < -0.39 is 0 Å². The molecule has 0 saturated heterocycles. The highest BCUT2D eigenvalue weighted by atomic mass is 16.5. The Hall–Kier alpha value is -0.660. The molecule has 46 valence electrons. The van der Waals surface area contributed by atoms with Gasteiger partial charge in [-0.3, -0.25) is 0 Å². The molecule has 0 unspecified atom stereocenters. The Morgan fingerprint density at radius 1 is 1.88 bits per heavy atom. The zero-order valence-electron chi connectivity index (χ0n) is 5.27. The molecule has 0 radical (unpaired) electrons. The monoisotopic (exact) mass is 113 g/mol. The van der Waals surface area contributed by atoms with Crippen LogP contribution in [0.25, 0.3) is 0 Å². The molecule has 0 saturated carbocycles. The van der Waals surface area contributed by atoms with Crippen LogP contribution in [0.1, 0.15) is 13.8 Å². The molecule has 0 aliphatic carbocycles. The van der Waals surface area contributed by atoms with E-state index in [-0.39, 0.29) is 0 Å². The molecular formula is C6H11NO. The molecule has 0 bridgehead atoms.